The van der Waals surface area contributed by atoms with Crippen LogP contribution in [0.2, 0.25) is 0 Å². The Bertz CT molecular complexity index is 507. The summed E-state index contributed by atoms with van der Waals surface area (Å²) in [6.07, 6.45) is 4.16. The molecule has 2 rings (SSSR count). The molecular weight excluding hydrogens is 356 g/mol. The molecule has 0 aromatic carbocycles. The molecule has 1 saturated heterocycles. The van der Waals surface area contributed by atoms with Gasteiger partial charge in [-0.3, -0.25) is 9.58 Å². The van der Waals surface area contributed by atoms with Crippen molar-refractivity contribution in [3.63, 3.8) is 0 Å². The van der Waals surface area contributed by atoms with E-state index >= 15 is 0 Å². The molecule has 20 heavy (non-hydrogen) atoms. The molecule has 1 aromatic heterocycles. The molecule has 1 fully saturated rings. The first-order chi connectivity index (χ1) is 9.39. The lowest BCUT2D eigenvalue weighted by molar-refractivity contribution is 0.207. The van der Waals surface area contributed by atoms with E-state index in [0.717, 1.165) is 42.6 Å². The number of likely N-dealkylation sites (tertiary alicyclic amines) is 1. The maximum Gasteiger partial charge on any atom is 0.0891 e. The second-order valence-corrected chi connectivity index (χ2v) is 7.73. The first-order valence-electron chi connectivity index (χ1n) is 6.65. The van der Waals surface area contributed by atoms with E-state index in [1.54, 1.807) is 11.8 Å². The number of piperidine rings is 1. The third-order valence-electron chi connectivity index (χ3n) is 4.14. The molecule has 0 spiro atoms. The first kappa shape index (κ1) is 16.3. The molecule has 7 heteroatoms. The highest BCUT2D eigenvalue weighted by Gasteiger charge is 2.36. The molecular formula is C13H21BrN4S2. The third-order valence-corrected chi connectivity index (χ3v) is 7.10. The summed E-state index contributed by atoms with van der Waals surface area (Å²) in [5.41, 5.74) is 8.21. The Hall–Kier alpha value is -0.110. The lowest BCUT2D eigenvalue weighted by Gasteiger charge is -2.40. The summed E-state index contributed by atoms with van der Waals surface area (Å²) in [5.74, 6) is 0. The topological polar surface area (TPSA) is 47.1 Å². The van der Waals surface area contributed by atoms with Gasteiger partial charge < -0.3 is 5.73 Å². The second kappa shape index (κ2) is 6.34. The van der Waals surface area contributed by atoms with E-state index in [-0.39, 0.29) is 4.75 Å². The van der Waals surface area contributed by atoms with E-state index < -0.39 is 0 Å². The molecule has 2 heterocycles. The van der Waals surface area contributed by atoms with Gasteiger partial charge in [0.15, 0.2) is 0 Å². The minimum atomic E-state index is -0.00849. The van der Waals surface area contributed by atoms with Crippen LogP contribution in [0.5, 0.6) is 0 Å². The number of rotatable bonds is 4. The zero-order valence-electron chi connectivity index (χ0n) is 12.1. The molecule has 1 aliphatic heterocycles. The Morgan fingerprint density at radius 1 is 1.50 bits per heavy atom. The number of thiocarbonyl (C=S) groups is 1. The van der Waals surface area contributed by atoms with Gasteiger partial charge in [-0.1, -0.05) is 12.2 Å². The minimum Gasteiger partial charge on any atom is -0.392 e. The zero-order valence-corrected chi connectivity index (χ0v) is 15.4. The molecule has 0 unspecified atom stereocenters. The van der Waals surface area contributed by atoms with Gasteiger partial charge in [0.05, 0.1) is 25.6 Å². The second-order valence-electron chi connectivity index (χ2n) is 5.31. The van der Waals surface area contributed by atoms with Crippen molar-refractivity contribution in [1.29, 1.82) is 0 Å². The smallest absolute Gasteiger partial charge is 0.0891 e. The van der Waals surface area contributed by atoms with Crippen molar-refractivity contribution in [3.8, 4) is 0 Å². The maximum absolute atomic E-state index is 5.93. The van der Waals surface area contributed by atoms with Crippen LogP contribution >= 0.6 is 39.9 Å². The summed E-state index contributed by atoms with van der Waals surface area (Å²) in [6, 6.07) is 0. The lowest BCUT2D eigenvalue weighted by atomic mass is 9.95. The Balaban J connectivity index is 2.03. The molecule has 0 saturated carbocycles. The molecule has 0 atom stereocenters. The van der Waals surface area contributed by atoms with Crippen molar-refractivity contribution in [2.45, 2.75) is 31.1 Å². The third kappa shape index (κ3) is 3.05. The van der Waals surface area contributed by atoms with E-state index in [4.69, 9.17) is 18.0 Å². The van der Waals surface area contributed by atoms with Crippen molar-refractivity contribution in [1.82, 2.24) is 14.7 Å². The van der Waals surface area contributed by atoms with Gasteiger partial charge in [-0.25, -0.2) is 0 Å². The first-order valence-corrected chi connectivity index (χ1v) is 9.07. The molecule has 0 aliphatic carbocycles. The van der Waals surface area contributed by atoms with Crippen LogP contribution < -0.4 is 5.73 Å². The summed E-state index contributed by atoms with van der Waals surface area (Å²) in [7, 11) is 2.00. The Labute approximate surface area is 138 Å². The fourth-order valence-corrected chi connectivity index (χ4v) is 4.39. The Kier molecular flexibility index (Phi) is 5.15. The number of halogens is 1. The fourth-order valence-electron chi connectivity index (χ4n) is 2.69. The van der Waals surface area contributed by atoms with E-state index in [9.17, 15) is 0 Å². The summed E-state index contributed by atoms with van der Waals surface area (Å²) in [5, 5.41) is 4.45. The highest BCUT2D eigenvalue weighted by Crippen LogP contribution is 2.35. The quantitative estimate of drug-likeness (QED) is 0.817. The number of thioether (sulfide) groups is 1. The number of hydrogen-bond acceptors (Lipinski definition) is 4. The average molecular weight is 377 g/mol. The summed E-state index contributed by atoms with van der Waals surface area (Å²) in [4.78, 5) is 3.11. The molecule has 2 N–H and O–H groups in total. The van der Waals surface area contributed by atoms with Gasteiger partial charge in [-0.05, 0) is 42.0 Å². The number of nitrogens with two attached hydrogens (primary N) is 1. The van der Waals surface area contributed by atoms with E-state index in [2.05, 4.69) is 32.2 Å². The van der Waals surface area contributed by atoms with Crippen LogP contribution in [0.15, 0.2) is 4.47 Å². The maximum atomic E-state index is 5.93. The van der Waals surface area contributed by atoms with Crippen LogP contribution in [-0.2, 0) is 13.6 Å². The summed E-state index contributed by atoms with van der Waals surface area (Å²) in [6.45, 7) is 4.98. The van der Waals surface area contributed by atoms with Gasteiger partial charge in [-0.2, -0.15) is 16.9 Å². The minimum absolute atomic E-state index is 0.00849. The lowest BCUT2D eigenvalue weighted by Crippen LogP contribution is -2.49. The molecule has 0 bridgehead atoms. The van der Waals surface area contributed by atoms with Gasteiger partial charge in [0.2, 0.25) is 0 Å². The molecule has 112 valence electrons. The van der Waals surface area contributed by atoms with Gasteiger partial charge in [0.1, 0.15) is 0 Å². The average Bonchev–Trinajstić information content (AvgIpc) is 2.66. The molecule has 1 aliphatic rings. The van der Waals surface area contributed by atoms with Gasteiger partial charge >= 0.3 is 0 Å². The highest BCUT2D eigenvalue weighted by molar-refractivity contribution is 9.10. The standard InChI is InChI=1S/C13H21BrN4S2/c1-9-11(14)10(17(2)16-9)8-18-6-4-13(20-3,5-7-18)12(15)19/h4-8H2,1-3H3,(H2,15,19). The highest BCUT2D eigenvalue weighted by atomic mass is 79.9. The summed E-state index contributed by atoms with van der Waals surface area (Å²) < 4.78 is 3.07. The SMILES string of the molecule is CSC1(C(N)=S)CCN(Cc2c(Br)c(C)nn2C)CC1. The largest absolute Gasteiger partial charge is 0.392 e. The predicted octanol–water partition coefficient (Wildman–Crippen LogP) is 2.47. The summed E-state index contributed by atoms with van der Waals surface area (Å²) >= 11 is 10.7. The van der Waals surface area contributed by atoms with Crippen LogP contribution in [0.25, 0.3) is 0 Å². The fraction of sp³-hybridized carbons (Fsp3) is 0.692. The van der Waals surface area contributed by atoms with E-state index in [1.807, 2.05) is 18.7 Å². The Morgan fingerprint density at radius 2 is 2.10 bits per heavy atom. The van der Waals surface area contributed by atoms with E-state index in [1.165, 1.54) is 5.69 Å². The van der Waals surface area contributed by atoms with Gasteiger partial charge in [0, 0.05) is 26.7 Å². The number of aromatic nitrogens is 2. The Morgan fingerprint density at radius 3 is 2.50 bits per heavy atom. The van der Waals surface area contributed by atoms with Crippen LogP contribution in [0.3, 0.4) is 0 Å². The molecule has 0 radical (unpaired) electrons. The molecule has 4 nitrogen and oxygen atoms in total. The van der Waals surface area contributed by atoms with Crippen molar-refractivity contribution in [3.05, 3.63) is 15.9 Å². The van der Waals surface area contributed by atoms with Crippen LogP contribution in [0, 0.1) is 6.92 Å². The predicted molar refractivity (Wildman–Crippen MR) is 93.2 cm³/mol. The number of nitrogens with zero attached hydrogens (tertiary/aromatic N) is 3. The van der Waals surface area contributed by atoms with Crippen LogP contribution in [0.1, 0.15) is 24.2 Å². The van der Waals surface area contributed by atoms with E-state index in [0.29, 0.717) is 4.99 Å². The monoisotopic (exact) mass is 376 g/mol. The van der Waals surface area contributed by atoms with Gasteiger partial charge in [-0.15, -0.1) is 0 Å². The van der Waals surface area contributed by atoms with Crippen molar-refractivity contribution >= 4 is 44.9 Å². The van der Waals surface area contributed by atoms with Crippen molar-refractivity contribution in [2.75, 3.05) is 19.3 Å². The van der Waals surface area contributed by atoms with Crippen LogP contribution in [-0.4, -0.2) is 43.8 Å². The number of aryl methyl sites for hydroxylation is 2. The number of hydrogen-bond donors (Lipinski definition) is 1. The molecule has 0 amide bonds. The normalized spacial score (nSPS) is 19.2. The molecule has 1 aromatic rings. The van der Waals surface area contributed by atoms with Crippen molar-refractivity contribution in [2.24, 2.45) is 12.8 Å². The van der Waals surface area contributed by atoms with Crippen LogP contribution in [0.4, 0.5) is 0 Å². The van der Waals surface area contributed by atoms with Crippen molar-refractivity contribution < 1.29 is 0 Å². The zero-order chi connectivity index (χ0) is 14.9. The van der Waals surface area contributed by atoms with Gasteiger partial charge in [0.25, 0.3) is 0 Å².